The predicted molar refractivity (Wildman–Crippen MR) is 224 cm³/mol. The molecule has 12 N–H and O–H groups in total. The number of nitrogens with two attached hydrogens (primary N) is 1. The number of aliphatic hydroxyl groups excluding tert-OH is 1. The van der Waals surface area contributed by atoms with Crippen LogP contribution < -0.4 is 32.3 Å². The number of benzene rings is 3. The lowest BCUT2D eigenvalue weighted by atomic mass is 10.0. The number of fused-ring (bicyclic) bond motifs is 1. The molecule has 5 rings (SSSR count). The second-order valence-corrected chi connectivity index (χ2v) is 15.3. The summed E-state index contributed by atoms with van der Waals surface area (Å²) in [6.07, 6.45) is 2.33. The van der Waals surface area contributed by atoms with E-state index in [4.69, 9.17) is 10.8 Å². The maximum absolute atomic E-state index is 14.2. The van der Waals surface area contributed by atoms with Crippen molar-refractivity contribution in [2.75, 3.05) is 13.2 Å². The van der Waals surface area contributed by atoms with Crippen LogP contribution in [0, 0.1) is 0 Å². The first-order valence-electron chi connectivity index (χ1n) is 20.1. The number of carbonyl (C=O) groups excluding carboxylic acids is 6. The molecule has 19 heteroatoms. The summed E-state index contributed by atoms with van der Waals surface area (Å²) in [5, 5.41) is 52.1. The van der Waals surface area contributed by atoms with Crippen molar-refractivity contribution < 1.29 is 54.0 Å². The van der Waals surface area contributed by atoms with Crippen LogP contribution in [-0.2, 0) is 52.8 Å². The Morgan fingerprint density at radius 2 is 1.27 bits per heavy atom. The summed E-state index contributed by atoms with van der Waals surface area (Å²) in [5.74, 6) is -5.94. The van der Waals surface area contributed by atoms with Crippen LogP contribution in [-0.4, -0.2) is 127 Å². The fourth-order valence-electron chi connectivity index (χ4n) is 7.07. The van der Waals surface area contributed by atoms with E-state index in [0.717, 1.165) is 16.5 Å². The number of H-pyrrole nitrogens is 1. The molecule has 4 aromatic rings. The number of nitrogens with zero attached hydrogens (tertiary/aromatic N) is 1. The molecule has 330 valence electrons. The highest BCUT2D eigenvalue weighted by molar-refractivity contribution is 5.97. The Balaban J connectivity index is 1.29. The molecule has 0 unspecified atom stereocenters. The average Bonchev–Trinajstić information content (AvgIpc) is 3.91. The lowest BCUT2D eigenvalue weighted by molar-refractivity contribution is -0.143. The number of aliphatic hydroxyl groups is 1. The number of carbonyl (C=O) groups is 7. The van der Waals surface area contributed by atoms with Crippen molar-refractivity contribution >= 4 is 52.3 Å². The zero-order chi connectivity index (χ0) is 45.1. The number of hydrogen-bond acceptors (Lipinski definition) is 11. The second-order valence-electron chi connectivity index (χ2n) is 15.3. The van der Waals surface area contributed by atoms with Gasteiger partial charge in [0.15, 0.2) is 0 Å². The zero-order valence-electron chi connectivity index (χ0n) is 34.2. The highest BCUT2D eigenvalue weighted by Gasteiger charge is 2.40. The molecule has 0 aliphatic carbocycles. The largest absolute Gasteiger partial charge is 0.508 e. The fourth-order valence-corrected chi connectivity index (χ4v) is 7.07. The standard InChI is InChI=1S/C43H52N8O11/c1-23(46-39(57)33(18-25-9-13-28(53)14-10-25)48-38(56)31(44)20-27-21-45-32-7-4-3-6-30(27)32)37(55)49-34(19-26-11-15-29(54)16-12-26)42(60)51-17-5-8-36(51)41(59)50-35(22-52)40(58)47-24(2)43(61)62/h3-4,6-7,9-16,21,23-24,31,33-36,45,52-54H,5,8,17-20,22,44H2,1-2H3,(H,46,57)(H,47,58)(H,48,56)(H,49,55)(H,50,59)(H,61,62)/t23-,24-,31-,33-,34-,35-,36-/m0/s1. The Kier molecular flexibility index (Phi) is 15.6. The number of aliphatic carboxylic acids is 1. The lowest BCUT2D eigenvalue weighted by Gasteiger charge is -2.30. The summed E-state index contributed by atoms with van der Waals surface area (Å²) >= 11 is 0. The predicted octanol–water partition coefficient (Wildman–Crippen LogP) is -0.534. The Morgan fingerprint density at radius 1 is 0.710 bits per heavy atom. The number of para-hydroxylation sites is 1. The first kappa shape index (κ1) is 46.1. The van der Waals surface area contributed by atoms with E-state index in [1.165, 1.54) is 43.0 Å². The summed E-state index contributed by atoms with van der Waals surface area (Å²) < 4.78 is 0. The zero-order valence-corrected chi connectivity index (χ0v) is 34.2. The van der Waals surface area contributed by atoms with Crippen LogP contribution in [0.2, 0.25) is 0 Å². The van der Waals surface area contributed by atoms with Crippen molar-refractivity contribution in [3.8, 4) is 11.5 Å². The van der Waals surface area contributed by atoms with Crippen molar-refractivity contribution in [1.82, 2.24) is 36.5 Å². The van der Waals surface area contributed by atoms with Crippen molar-refractivity contribution in [2.24, 2.45) is 5.73 Å². The monoisotopic (exact) mass is 856 g/mol. The number of amides is 6. The molecule has 0 bridgehead atoms. The van der Waals surface area contributed by atoms with Crippen molar-refractivity contribution in [1.29, 1.82) is 0 Å². The van der Waals surface area contributed by atoms with E-state index in [1.54, 1.807) is 30.5 Å². The normalized spacial score (nSPS) is 16.5. The quantitative estimate of drug-likeness (QED) is 0.0567. The van der Waals surface area contributed by atoms with Gasteiger partial charge in [-0.3, -0.25) is 33.6 Å². The van der Waals surface area contributed by atoms with Gasteiger partial charge in [-0.25, -0.2) is 0 Å². The van der Waals surface area contributed by atoms with E-state index >= 15 is 0 Å². The van der Waals surface area contributed by atoms with Gasteiger partial charge in [-0.1, -0.05) is 42.5 Å². The number of carboxylic acids is 1. The molecule has 6 amide bonds. The van der Waals surface area contributed by atoms with Crippen LogP contribution in [0.5, 0.6) is 11.5 Å². The molecule has 0 radical (unpaired) electrons. The smallest absolute Gasteiger partial charge is 0.325 e. The number of likely N-dealkylation sites (tertiary alicyclic amines) is 1. The van der Waals surface area contributed by atoms with E-state index in [0.29, 0.717) is 17.5 Å². The molecule has 19 nitrogen and oxygen atoms in total. The molecule has 2 heterocycles. The molecule has 1 aliphatic heterocycles. The molecular weight excluding hydrogens is 805 g/mol. The molecule has 0 spiro atoms. The maximum Gasteiger partial charge on any atom is 0.325 e. The van der Waals surface area contributed by atoms with Gasteiger partial charge in [-0.05, 0) is 80.1 Å². The fraction of sp³-hybridized carbons (Fsp3) is 0.372. The third-order valence-corrected chi connectivity index (χ3v) is 10.6. The lowest BCUT2D eigenvalue weighted by Crippen LogP contribution is -2.60. The Morgan fingerprint density at radius 3 is 1.89 bits per heavy atom. The highest BCUT2D eigenvalue weighted by Crippen LogP contribution is 2.22. The second kappa shape index (κ2) is 21.0. The van der Waals surface area contributed by atoms with Crippen LogP contribution in [0.3, 0.4) is 0 Å². The summed E-state index contributed by atoms with van der Waals surface area (Å²) in [6.45, 7) is 1.83. The molecule has 1 fully saturated rings. The van der Waals surface area contributed by atoms with Gasteiger partial charge in [0.2, 0.25) is 35.4 Å². The van der Waals surface area contributed by atoms with E-state index in [-0.39, 0.29) is 43.7 Å². The average molecular weight is 857 g/mol. The SMILES string of the molecule is C[C@H](NC(=O)[C@H](CO)NC(=O)[C@@H]1CCCN1C(=O)[C@H](Cc1ccc(O)cc1)NC(=O)[C@H](C)NC(=O)[C@H](Cc1ccc(O)cc1)NC(=O)[C@@H](N)Cc1c[nH]c2ccccc12)C(=O)O. The topological polar surface area (TPSA) is 306 Å². The van der Waals surface area contributed by atoms with Crippen LogP contribution in [0.1, 0.15) is 43.4 Å². The Bertz CT molecular complexity index is 2250. The molecule has 1 aliphatic rings. The van der Waals surface area contributed by atoms with Gasteiger partial charge in [0, 0.05) is 36.5 Å². The maximum atomic E-state index is 14.2. The molecular formula is C43H52N8O11. The van der Waals surface area contributed by atoms with E-state index in [2.05, 4.69) is 31.6 Å². The first-order chi connectivity index (χ1) is 29.5. The van der Waals surface area contributed by atoms with Crippen LogP contribution in [0.15, 0.2) is 79.0 Å². The van der Waals surface area contributed by atoms with Gasteiger partial charge in [0.1, 0.15) is 47.8 Å². The highest BCUT2D eigenvalue weighted by atomic mass is 16.4. The van der Waals surface area contributed by atoms with E-state index in [1.807, 2.05) is 24.3 Å². The summed E-state index contributed by atoms with van der Waals surface area (Å²) in [6, 6.07) is 10.6. The molecule has 62 heavy (non-hydrogen) atoms. The minimum Gasteiger partial charge on any atom is -0.508 e. The summed E-state index contributed by atoms with van der Waals surface area (Å²) in [4.78, 5) is 97.1. The number of phenols is 2. The number of aromatic amines is 1. The van der Waals surface area contributed by atoms with Crippen molar-refractivity contribution in [2.45, 2.75) is 88.2 Å². The number of aromatic hydroxyl groups is 2. The Hall–Kier alpha value is -6.99. The molecule has 3 aromatic carbocycles. The first-order valence-corrected chi connectivity index (χ1v) is 20.1. The molecule has 1 saturated heterocycles. The number of nitrogens with one attached hydrogen (secondary N) is 6. The van der Waals surface area contributed by atoms with Crippen LogP contribution in [0.25, 0.3) is 10.9 Å². The van der Waals surface area contributed by atoms with Gasteiger partial charge in [0.25, 0.3) is 0 Å². The van der Waals surface area contributed by atoms with Crippen LogP contribution >= 0.6 is 0 Å². The van der Waals surface area contributed by atoms with Crippen molar-refractivity contribution in [3.63, 3.8) is 0 Å². The van der Waals surface area contributed by atoms with Gasteiger partial charge < -0.3 is 62.6 Å². The van der Waals surface area contributed by atoms with Crippen LogP contribution in [0.4, 0.5) is 0 Å². The molecule has 7 atom stereocenters. The Labute approximate surface area is 356 Å². The van der Waals surface area contributed by atoms with Gasteiger partial charge in [-0.15, -0.1) is 0 Å². The van der Waals surface area contributed by atoms with Gasteiger partial charge in [-0.2, -0.15) is 0 Å². The number of hydrogen-bond donors (Lipinski definition) is 11. The van der Waals surface area contributed by atoms with Gasteiger partial charge >= 0.3 is 5.97 Å². The third kappa shape index (κ3) is 12.1. The minimum atomic E-state index is -1.52. The van der Waals surface area contributed by atoms with Gasteiger partial charge in [0.05, 0.1) is 12.6 Å². The molecule has 0 saturated carbocycles. The van der Waals surface area contributed by atoms with E-state index < -0.39 is 90.3 Å². The van der Waals surface area contributed by atoms with E-state index in [9.17, 15) is 48.9 Å². The number of aromatic nitrogens is 1. The number of phenolic OH excluding ortho intramolecular Hbond substituents is 2. The molecule has 1 aromatic heterocycles. The summed E-state index contributed by atoms with van der Waals surface area (Å²) in [7, 11) is 0. The van der Waals surface area contributed by atoms with Crippen molar-refractivity contribution in [3.05, 3.63) is 95.7 Å². The third-order valence-electron chi connectivity index (χ3n) is 10.6. The minimum absolute atomic E-state index is 0.00785. The number of rotatable bonds is 19. The number of carboxylic acid groups (broad SMARTS) is 1. The summed E-state index contributed by atoms with van der Waals surface area (Å²) in [5.41, 5.74) is 9.12.